The highest BCUT2D eigenvalue weighted by atomic mass is 16.5. The predicted molar refractivity (Wildman–Crippen MR) is 112 cm³/mol. The summed E-state index contributed by atoms with van der Waals surface area (Å²) in [4.78, 5) is 15.3. The maximum absolute atomic E-state index is 10.9. The van der Waals surface area contributed by atoms with Crippen LogP contribution in [-0.2, 0) is 9.53 Å². The second-order valence-electron chi connectivity index (χ2n) is 6.16. The average molecular weight is 381 g/mol. The van der Waals surface area contributed by atoms with Crippen LogP contribution in [0.15, 0.2) is 66.2 Å². The third kappa shape index (κ3) is 8.08. The average Bonchev–Trinajstić information content (AvgIpc) is 2.75. The third-order valence-corrected chi connectivity index (χ3v) is 4.03. The first kappa shape index (κ1) is 21.2. The Kier molecular flexibility index (Phi) is 9.35. The zero-order chi connectivity index (χ0) is 20.0. The van der Waals surface area contributed by atoms with E-state index in [1.165, 1.54) is 6.08 Å². The van der Waals surface area contributed by atoms with Gasteiger partial charge in [-0.15, -0.1) is 0 Å². The van der Waals surface area contributed by atoms with Crippen molar-refractivity contribution in [2.45, 2.75) is 25.7 Å². The highest BCUT2D eigenvalue weighted by Gasteiger charge is 1.98. The number of ether oxygens (including phenoxy) is 3. The predicted octanol–water partition coefficient (Wildman–Crippen LogP) is 5.11. The zero-order valence-electron chi connectivity index (χ0n) is 16.3. The van der Waals surface area contributed by atoms with Crippen LogP contribution < -0.4 is 9.47 Å². The van der Waals surface area contributed by atoms with Gasteiger partial charge in [0.25, 0.3) is 0 Å². The lowest BCUT2D eigenvalue weighted by Gasteiger charge is -2.06. The number of nitrogens with zero attached hydrogens (tertiary/aromatic N) is 1. The first-order valence-electron chi connectivity index (χ1n) is 9.41. The van der Waals surface area contributed by atoms with Crippen LogP contribution in [0.1, 0.15) is 31.2 Å². The topological polar surface area (TPSA) is 57.1 Å². The molecule has 2 aromatic carbocycles. The molecule has 0 saturated heterocycles. The van der Waals surface area contributed by atoms with Crippen molar-refractivity contribution in [3.8, 4) is 11.5 Å². The zero-order valence-corrected chi connectivity index (χ0v) is 16.3. The normalized spacial score (nSPS) is 10.6. The van der Waals surface area contributed by atoms with E-state index < -0.39 is 0 Å². The molecular weight excluding hydrogens is 354 g/mol. The standard InChI is InChI=1S/C23H27NO4/c1-3-23(25)28-17-7-5-4-6-16-27-22-12-8-19(9-13-22)18-24-20-10-14-21(26-2)15-11-20/h3,8-15,18H,1,4-7,16-17H2,2H3. The van der Waals surface area contributed by atoms with Gasteiger partial charge in [-0.3, -0.25) is 4.99 Å². The monoisotopic (exact) mass is 381 g/mol. The molecular formula is C23H27NO4. The number of rotatable bonds is 12. The minimum absolute atomic E-state index is 0.360. The van der Waals surface area contributed by atoms with Gasteiger partial charge in [-0.2, -0.15) is 0 Å². The fourth-order valence-corrected chi connectivity index (χ4v) is 2.45. The molecule has 0 bridgehead atoms. The van der Waals surface area contributed by atoms with E-state index in [-0.39, 0.29) is 5.97 Å². The molecule has 0 heterocycles. The van der Waals surface area contributed by atoms with Crippen molar-refractivity contribution in [1.29, 1.82) is 0 Å². The molecule has 2 aromatic rings. The molecule has 0 fully saturated rings. The summed E-state index contributed by atoms with van der Waals surface area (Å²) in [7, 11) is 1.64. The van der Waals surface area contributed by atoms with Crippen molar-refractivity contribution >= 4 is 17.9 Å². The third-order valence-electron chi connectivity index (χ3n) is 4.03. The fourth-order valence-electron chi connectivity index (χ4n) is 2.45. The molecule has 5 heteroatoms. The number of hydrogen-bond donors (Lipinski definition) is 0. The Morgan fingerprint density at radius 1 is 0.929 bits per heavy atom. The van der Waals surface area contributed by atoms with Crippen LogP contribution in [0, 0.1) is 0 Å². The molecule has 5 nitrogen and oxygen atoms in total. The summed E-state index contributed by atoms with van der Waals surface area (Å²) < 4.78 is 15.8. The van der Waals surface area contributed by atoms with E-state index in [2.05, 4.69) is 11.6 Å². The molecule has 0 amide bonds. The Bertz CT molecular complexity index is 751. The van der Waals surface area contributed by atoms with E-state index in [0.29, 0.717) is 13.2 Å². The Morgan fingerprint density at radius 2 is 1.57 bits per heavy atom. The van der Waals surface area contributed by atoms with Crippen molar-refractivity contribution in [3.63, 3.8) is 0 Å². The lowest BCUT2D eigenvalue weighted by Crippen LogP contribution is -2.02. The van der Waals surface area contributed by atoms with E-state index in [9.17, 15) is 4.79 Å². The highest BCUT2D eigenvalue weighted by Crippen LogP contribution is 2.18. The molecule has 0 spiro atoms. The van der Waals surface area contributed by atoms with Crippen molar-refractivity contribution < 1.29 is 19.0 Å². The quantitative estimate of drug-likeness (QED) is 0.222. The summed E-state index contributed by atoms with van der Waals surface area (Å²) in [6.07, 6.45) is 6.89. The largest absolute Gasteiger partial charge is 0.497 e. The van der Waals surface area contributed by atoms with E-state index in [1.807, 2.05) is 54.7 Å². The number of esters is 1. The molecule has 0 saturated carbocycles. The summed E-state index contributed by atoms with van der Waals surface area (Å²) in [6, 6.07) is 15.5. The van der Waals surface area contributed by atoms with Crippen LogP contribution in [0.3, 0.4) is 0 Å². The molecule has 0 radical (unpaired) electrons. The molecule has 2 rings (SSSR count). The first-order chi connectivity index (χ1) is 13.7. The number of carbonyl (C=O) groups excluding carboxylic acids is 1. The molecule has 0 N–H and O–H groups in total. The summed E-state index contributed by atoms with van der Waals surface area (Å²) in [6.45, 7) is 4.48. The number of methoxy groups -OCH3 is 1. The molecule has 28 heavy (non-hydrogen) atoms. The van der Waals surface area contributed by atoms with Gasteiger partial charge in [-0.05, 0) is 79.8 Å². The van der Waals surface area contributed by atoms with Crippen molar-refractivity contribution in [2.24, 2.45) is 4.99 Å². The second kappa shape index (κ2) is 12.3. The minimum Gasteiger partial charge on any atom is -0.497 e. The molecule has 0 aromatic heterocycles. The lowest BCUT2D eigenvalue weighted by molar-refractivity contribution is -0.137. The smallest absolute Gasteiger partial charge is 0.330 e. The summed E-state index contributed by atoms with van der Waals surface area (Å²) in [5.74, 6) is 1.30. The van der Waals surface area contributed by atoms with Crippen molar-refractivity contribution in [2.75, 3.05) is 20.3 Å². The maximum atomic E-state index is 10.9. The molecule has 148 valence electrons. The molecule has 0 aliphatic heterocycles. The van der Waals surface area contributed by atoms with Crippen LogP contribution in [0.2, 0.25) is 0 Å². The molecule has 0 unspecified atom stereocenters. The maximum Gasteiger partial charge on any atom is 0.330 e. The van der Waals surface area contributed by atoms with Crippen LogP contribution in [0.4, 0.5) is 5.69 Å². The number of aliphatic imine (C=N–C) groups is 1. The van der Waals surface area contributed by atoms with Gasteiger partial charge >= 0.3 is 5.97 Å². The number of hydrogen-bond acceptors (Lipinski definition) is 5. The molecule has 0 aliphatic carbocycles. The van der Waals surface area contributed by atoms with Gasteiger partial charge in [-0.1, -0.05) is 6.58 Å². The number of carbonyl (C=O) groups is 1. The second-order valence-corrected chi connectivity index (χ2v) is 6.16. The SMILES string of the molecule is C=CC(=O)OCCCCCCOc1ccc(C=Nc2ccc(OC)cc2)cc1. The summed E-state index contributed by atoms with van der Waals surface area (Å²) in [5.41, 5.74) is 1.89. The van der Waals surface area contributed by atoms with E-state index >= 15 is 0 Å². The highest BCUT2D eigenvalue weighted by molar-refractivity contribution is 5.82. The van der Waals surface area contributed by atoms with Gasteiger partial charge in [0.1, 0.15) is 11.5 Å². The fraction of sp³-hybridized carbons (Fsp3) is 0.304. The van der Waals surface area contributed by atoms with Gasteiger partial charge in [0.2, 0.25) is 0 Å². The van der Waals surface area contributed by atoms with Gasteiger partial charge in [0.05, 0.1) is 26.0 Å². The van der Waals surface area contributed by atoms with Gasteiger partial charge in [0, 0.05) is 12.3 Å². The van der Waals surface area contributed by atoms with Gasteiger partial charge < -0.3 is 14.2 Å². The van der Waals surface area contributed by atoms with Crippen LogP contribution in [-0.4, -0.2) is 32.5 Å². The Hall–Kier alpha value is -3.08. The molecule has 0 aliphatic rings. The van der Waals surface area contributed by atoms with E-state index in [1.54, 1.807) is 7.11 Å². The molecule has 0 atom stereocenters. The summed E-state index contributed by atoms with van der Waals surface area (Å²) in [5, 5.41) is 0. The van der Waals surface area contributed by atoms with Crippen LogP contribution >= 0.6 is 0 Å². The minimum atomic E-state index is -0.360. The Labute approximate surface area is 166 Å². The number of unbranched alkanes of at least 4 members (excludes halogenated alkanes) is 3. The van der Waals surface area contributed by atoms with Crippen molar-refractivity contribution in [1.82, 2.24) is 0 Å². The van der Waals surface area contributed by atoms with Crippen LogP contribution in [0.25, 0.3) is 0 Å². The lowest BCUT2D eigenvalue weighted by atomic mass is 10.2. The number of benzene rings is 2. The van der Waals surface area contributed by atoms with E-state index in [0.717, 1.165) is 48.4 Å². The van der Waals surface area contributed by atoms with Crippen molar-refractivity contribution in [3.05, 3.63) is 66.7 Å². The van der Waals surface area contributed by atoms with Crippen LogP contribution in [0.5, 0.6) is 11.5 Å². The van der Waals surface area contributed by atoms with Gasteiger partial charge in [0.15, 0.2) is 0 Å². The Balaban J connectivity index is 1.63. The summed E-state index contributed by atoms with van der Waals surface area (Å²) >= 11 is 0. The van der Waals surface area contributed by atoms with E-state index in [4.69, 9.17) is 14.2 Å². The first-order valence-corrected chi connectivity index (χ1v) is 9.41. The Morgan fingerprint density at radius 3 is 2.21 bits per heavy atom. The van der Waals surface area contributed by atoms with Gasteiger partial charge in [-0.25, -0.2) is 4.79 Å².